The van der Waals surface area contributed by atoms with Crippen molar-refractivity contribution in [3.63, 3.8) is 0 Å². The van der Waals surface area contributed by atoms with E-state index < -0.39 is 0 Å². The van der Waals surface area contributed by atoms with Crippen molar-refractivity contribution in [1.82, 2.24) is 19.5 Å². The SMILES string of the molecule is O=C(Nc1ccc(F)cc1)N1CCc2c(sc3nc(-c4ccc(F)cc4)nn23)C1. The maximum atomic E-state index is 13.1. The van der Waals surface area contributed by atoms with E-state index in [1.54, 1.807) is 17.0 Å². The van der Waals surface area contributed by atoms with Gasteiger partial charge in [0.2, 0.25) is 4.96 Å². The van der Waals surface area contributed by atoms with Crippen LogP contribution in [0.15, 0.2) is 48.5 Å². The number of aromatic nitrogens is 3. The lowest BCUT2D eigenvalue weighted by Gasteiger charge is -2.26. The van der Waals surface area contributed by atoms with Crippen LogP contribution in [0.1, 0.15) is 10.6 Å². The van der Waals surface area contributed by atoms with Crippen molar-refractivity contribution in [3.05, 3.63) is 70.7 Å². The lowest BCUT2D eigenvalue weighted by Crippen LogP contribution is -2.38. The third kappa shape index (κ3) is 3.33. The average molecular weight is 411 g/mol. The molecule has 0 fully saturated rings. The van der Waals surface area contributed by atoms with E-state index in [-0.39, 0.29) is 17.7 Å². The molecule has 2 amide bonds. The molecule has 1 aliphatic rings. The third-order valence-corrected chi connectivity index (χ3v) is 5.87. The number of carbonyl (C=O) groups is 1. The summed E-state index contributed by atoms with van der Waals surface area (Å²) < 4.78 is 28.0. The molecule has 9 heteroatoms. The molecule has 2 aromatic carbocycles. The Morgan fingerprint density at radius 1 is 1.03 bits per heavy atom. The number of fused-ring (bicyclic) bond motifs is 3. The number of anilines is 1. The molecule has 0 spiro atoms. The molecule has 0 unspecified atom stereocenters. The van der Waals surface area contributed by atoms with Gasteiger partial charge in [-0.05, 0) is 48.5 Å². The molecule has 5 rings (SSSR count). The number of halogens is 2. The minimum Gasteiger partial charge on any atom is -0.319 e. The highest BCUT2D eigenvalue weighted by molar-refractivity contribution is 7.17. The van der Waals surface area contributed by atoms with Crippen molar-refractivity contribution in [2.75, 3.05) is 11.9 Å². The van der Waals surface area contributed by atoms with E-state index in [0.29, 0.717) is 31.0 Å². The van der Waals surface area contributed by atoms with Crippen molar-refractivity contribution < 1.29 is 13.6 Å². The summed E-state index contributed by atoms with van der Waals surface area (Å²) in [5.41, 5.74) is 2.35. The van der Waals surface area contributed by atoms with E-state index in [4.69, 9.17) is 0 Å². The van der Waals surface area contributed by atoms with Crippen molar-refractivity contribution in [2.24, 2.45) is 0 Å². The lowest BCUT2D eigenvalue weighted by atomic mass is 10.2. The summed E-state index contributed by atoms with van der Waals surface area (Å²) in [7, 11) is 0. The topological polar surface area (TPSA) is 62.5 Å². The van der Waals surface area contributed by atoms with Crippen LogP contribution in [0.25, 0.3) is 16.3 Å². The Balaban J connectivity index is 1.35. The summed E-state index contributed by atoms with van der Waals surface area (Å²) in [5, 5.41) is 7.36. The van der Waals surface area contributed by atoms with Gasteiger partial charge in [-0.25, -0.2) is 18.1 Å². The van der Waals surface area contributed by atoms with Gasteiger partial charge in [-0.15, -0.1) is 5.10 Å². The van der Waals surface area contributed by atoms with Crippen LogP contribution in [0.5, 0.6) is 0 Å². The molecule has 0 saturated carbocycles. The number of amides is 2. The van der Waals surface area contributed by atoms with Crippen molar-refractivity contribution in [1.29, 1.82) is 0 Å². The summed E-state index contributed by atoms with van der Waals surface area (Å²) in [6.45, 7) is 1.00. The fourth-order valence-corrected chi connectivity index (χ4v) is 4.44. The highest BCUT2D eigenvalue weighted by atomic mass is 32.1. The summed E-state index contributed by atoms with van der Waals surface area (Å²) in [6, 6.07) is 11.5. The maximum Gasteiger partial charge on any atom is 0.322 e. The van der Waals surface area contributed by atoms with E-state index in [0.717, 1.165) is 21.1 Å². The molecule has 3 heterocycles. The van der Waals surface area contributed by atoms with Crippen LogP contribution in [0.2, 0.25) is 0 Å². The fraction of sp³-hybridized carbons (Fsp3) is 0.150. The van der Waals surface area contributed by atoms with Crippen LogP contribution in [0.4, 0.5) is 19.3 Å². The number of nitrogens with zero attached hydrogens (tertiary/aromatic N) is 4. The monoisotopic (exact) mass is 411 g/mol. The Bertz CT molecular complexity index is 1200. The van der Waals surface area contributed by atoms with Gasteiger partial charge >= 0.3 is 6.03 Å². The zero-order valence-corrected chi connectivity index (χ0v) is 15.9. The molecule has 0 saturated heterocycles. The van der Waals surface area contributed by atoms with Crippen LogP contribution in [-0.4, -0.2) is 32.1 Å². The quantitative estimate of drug-likeness (QED) is 0.534. The van der Waals surface area contributed by atoms with Crippen LogP contribution in [0.3, 0.4) is 0 Å². The molecule has 1 aliphatic heterocycles. The third-order valence-electron chi connectivity index (χ3n) is 4.81. The van der Waals surface area contributed by atoms with Crippen molar-refractivity contribution in [2.45, 2.75) is 13.0 Å². The van der Waals surface area contributed by atoms with Crippen molar-refractivity contribution >= 4 is 28.0 Å². The van der Waals surface area contributed by atoms with Gasteiger partial charge in [0.15, 0.2) is 5.82 Å². The summed E-state index contributed by atoms with van der Waals surface area (Å²) in [6.07, 6.45) is 0.651. The standard InChI is InChI=1S/C20H15F2N5OS/c21-13-3-1-12(2-4-13)18-24-20-27(25-18)16-9-10-26(11-17(16)29-20)19(28)23-15-7-5-14(22)6-8-15/h1-8H,9-11H2,(H,23,28). The first kappa shape index (κ1) is 17.7. The van der Waals surface area contributed by atoms with Gasteiger partial charge in [0.05, 0.1) is 12.2 Å². The molecule has 6 nitrogen and oxygen atoms in total. The Hall–Kier alpha value is -3.33. The second-order valence-electron chi connectivity index (χ2n) is 6.72. The van der Waals surface area contributed by atoms with Crippen molar-refractivity contribution in [3.8, 4) is 11.4 Å². The molecule has 0 radical (unpaired) electrons. The highest BCUT2D eigenvalue weighted by Crippen LogP contribution is 2.30. The molecule has 0 aliphatic carbocycles. The Kier molecular flexibility index (Phi) is 4.24. The number of urea groups is 1. The molecule has 146 valence electrons. The summed E-state index contributed by atoms with van der Waals surface area (Å²) >= 11 is 1.49. The first-order valence-corrected chi connectivity index (χ1v) is 9.83. The number of nitrogens with one attached hydrogen (secondary N) is 1. The smallest absolute Gasteiger partial charge is 0.319 e. The summed E-state index contributed by atoms with van der Waals surface area (Å²) in [5.74, 6) is -0.0956. The van der Waals surface area contributed by atoms with Crippen LogP contribution in [-0.2, 0) is 13.0 Å². The number of benzene rings is 2. The number of carbonyl (C=O) groups excluding carboxylic acids is 1. The van der Waals surface area contributed by atoms with E-state index in [9.17, 15) is 13.6 Å². The number of hydrogen-bond donors (Lipinski definition) is 1. The van der Waals surface area contributed by atoms with Gasteiger partial charge in [-0.1, -0.05) is 11.3 Å². The van der Waals surface area contributed by atoms with Gasteiger partial charge in [-0.3, -0.25) is 0 Å². The van der Waals surface area contributed by atoms with E-state index in [1.165, 1.54) is 47.7 Å². The van der Waals surface area contributed by atoms with E-state index in [1.807, 2.05) is 4.52 Å². The average Bonchev–Trinajstić information content (AvgIpc) is 3.27. The molecule has 2 aromatic heterocycles. The number of thiazole rings is 1. The molecular formula is C20H15F2N5OS. The van der Waals surface area contributed by atoms with Gasteiger partial charge in [0, 0.05) is 29.1 Å². The molecule has 29 heavy (non-hydrogen) atoms. The second kappa shape index (κ2) is 6.93. The molecule has 0 bridgehead atoms. The summed E-state index contributed by atoms with van der Waals surface area (Å²) in [4.78, 5) is 20.6. The Morgan fingerprint density at radius 3 is 2.45 bits per heavy atom. The maximum absolute atomic E-state index is 13.1. The largest absolute Gasteiger partial charge is 0.322 e. The molecular weight excluding hydrogens is 396 g/mol. The van der Waals surface area contributed by atoms with Gasteiger partial charge in [0.1, 0.15) is 11.6 Å². The normalized spacial score (nSPS) is 13.5. The Morgan fingerprint density at radius 2 is 1.72 bits per heavy atom. The first-order chi connectivity index (χ1) is 14.1. The molecule has 1 N–H and O–H groups in total. The van der Waals surface area contributed by atoms with E-state index in [2.05, 4.69) is 15.4 Å². The highest BCUT2D eigenvalue weighted by Gasteiger charge is 2.26. The van der Waals surface area contributed by atoms with Crippen LogP contribution in [0, 0.1) is 11.6 Å². The van der Waals surface area contributed by atoms with Gasteiger partial charge < -0.3 is 10.2 Å². The number of rotatable bonds is 2. The Labute approximate surface area is 168 Å². The zero-order chi connectivity index (χ0) is 20.0. The van der Waals surface area contributed by atoms with Crippen LogP contribution >= 0.6 is 11.3 Å². The molecule has 0 atom stereocenters. The van der Waals surface area contributed by atoms with Crippen LogP contribution < -0.4 is 5.32 Å². The zero-order valence-electron chi connectivity index (χ0n) is 15.1. The first-order valence-electron chi connectivity index (χ1n) is 9.01. The minimum absolute atomic E-state index is 0.228. The minimum atomic E-state index is -0.347. The fourth-order valence-electron chi connectivity index (χ4n) is 3.32. The predicted octanol–water partition coefficient (Wildman–Crippen LogP) is 4.33. The van der Waals surface area contributed by atoms with Gasteiger partial charge in [0.25, 0.3) is 0 Å². The van der Waals surface area contributed by atoms with E-state index >= 15 is 0 Å². The number of hydrogen-bond acceptors (Lipinski definition) is 4. The lowest BCUT2D eigenvalue weighted by molar-refractivity contribution is 0.206. The molecule has 4 aromatic rings. The second-order valence-corrected chi connectivity index (χ2v) is 7.78. The predicted molar refractivity (Wildman–Crippen MR) is 106 cm³/mol. The van der Waals surface area contributed by atoms with Gasteiger partial charge in [-0.2, -0.15) is 4.98 Å².